The van der Waals surface area contributed by atoms with Gasteiger partial charge in [-0.3, -0.25) is 4.79 Å². The highest BCUT2D eigenvalue weighted by molar-refractivity contribution is 6.68. The molecule has 1 aromatic rings. The predicted octanol–water partition coefficient (Wildman–Crippen LogP) is 6.37. The first kappa shape index (κ1) is 19.0. The Labute approximate surface area is 140 Å². The minimum Gasteiger partial charge on any atom is -0.493 e. The summed E-state index contributed by atoms with van der Waals surface area (Å²) in [5.41, 5.74) is 0.455. The molecule has 3 heteroatoms. The van der Waals surface area contributed by atoms with Gasteiger partial charge in [-0.25, -0.2) is 0 Å². The zero-order chi connectivity index (χ0) is 16.0. The average molecular weight is 325 g/mol. The van der Waals surface area contributed by atoms with Crippen molar-refractivity contribution < 1.29 is 9.53 Å². The van der Waals surface area contributed by atoms with Crippen LogP contribution in [0.3, 0.4) is 0 Å². The van der Waals surface area contributed by atoms with Crippen LogP contribution in [0.15, 0.2) is 24.3 Å². The molecule has 0 saturated carbocycles. The van der Waals surface area contributed by atoms with E-state index in [9.17, 15) is 4.79 Å². The molecule has 0 heterocycles. The van der Waals surface area contributed by atoms with Crippen molar-refractivity contribution in [3.05, 3.63) is 29.8 Å². The third-order valence-corrected chi connectivity index (χ3v) is 4.06. The van der Waals surface area contributed by atoms with Crippen molar-refractivity contribution >= 4 is 16.8 Å². The number of carbonyl (C=O) groups excluding carboxylic acids is 1. The Hall–Kier alpha value is -1.02. The van der Waals surface area contributed by atoms with Crippen molar-refractivity contribution in [2.24, 2.45) is 0 Å². The van der Waals surface area contributed by atoms with E-state index in [1.807, 2.05) is 6.07 Å². The van der Waals surface area contributed by atoms with Crippen LogP contribution in [-0.2, 0) is 0 Å². The van der Waals surface area contributed by atoms with E-state index in [0.717, 1.165) is 6.42 Å². The second kappa shape index (κ2) is 12.5. The van der Waals surface area contributed by atoms with E-state index in [0.29, 0.717) is 17.9 Å². The van der Waals surface area contributed by atoms with E-state index in [1.165, 1.54) is 57.8 Å². The highest BCUT2D eigenvalue weighted by Crippen LogP contribution is 2.20. The van der Waals surface area contributed by atoms with E-state index in [2.05, 4.69) is 6.92 Å². The number of hydrogen-bond acceptors (Lipinski definition) is 2. The van der Waals surface area contributed by atoms with Gasteiger partial charge in [-0.1, -0.05) is 76.8 Å². The van der Waals surface area contributed by atoms with E-state index < -0.39 is 5.24 Å². The van der Waals surface area contributed by atoms with Crippen LogP contribution in [0.4, 0.5) is 0 Å². The number of halogens is 1. The number of rotatable bonds is 13. The zero-order valence-corrected chi connectivity index (χ0v) is 14.5. The molecule has 0 amide bonds. The van der Waals surface area contributed by atoms with Gasteiger partial charge in [0.15, 0.2) is 0 Å². The second-order valence-electron chi connectivity index (χ2n) is 5.80. The smallest absolute Gasteiger partial charge is 0.256 e. The minimum absolute atomic E-state index is 0.455. The minimum atomic E-state index is -0.460. The molecule has 0 spiro atoms. The Bertz CT molecular complexity index is 418. The highest BCUT2D eigenvalue weighted by atomic mass is 35.5. The first-order valence-electron chi connectivity index (χ1n) is 8.67. The van der Waals surface area contributed by atoms with Crippen molar-refractivity contribution in [3.63, 3.8) is 0 Å². The molecule has 1 rings (SSSR count). The SMILES string of the molecule is CCCCCCCCCCCCOc1ccccc1C(=O)Cl. The van der Waals surface area contributed by atoms with Crippen molar-refractivity contribution in [2.45, 2.75) is 71.1 Å². The number of carbonyl (C=O) groups is 1. The Morgan fingerprint density at radius 2 is 1.45 bits per heavy atom. The van der Waals surface area contributed by atoms with Gasteiger partial charge in [0.1, 0.15) is 5.75 Å². The lowest BCUT2D eigenvalue weighted by molar-refractivity contribution is 0.107. The molecule has 0 aliphatic carbocycles. The van der Waals surface area contributed by atoms with Crippen molar-refractivity contribution in [2.75, 3.05) is 6.61 Å². The fourth-order valence-electron chi connectivity index (χ4n) is 2.53. The molecule has 0 aromatic heterocycles. The summed E-state index contributed by atoms with van der Waals surface area (Å²) in [6.45, 7) is 2.90. The van der Waals surface area contributed by atoms with Gasteiger partial charge in [-0.05, 0) is 30.2 Å². The van der Waals surface area contributed by atoms with Crippen molar-refractivity contribution in [1.29, 1.82) is 0 Å². The van der Waals surface area contributed by atoms with Crippen LogP contribution in [-0.4, -0.2) is 11.8 Å². The predicted molar refractivity (Wildman–Crippen MR) is 94.0 cm³/mol. The number of para-hydroxylation sites is 1. The third-order valence-electron chi connectivity index (χ3n) is 3.85. The summed E-state index contributed by atoms with van der Waals surface area (Å²) in [7, 11) is 0. The average Bonchev–Trinajstić information content (AvgIpc) is 2.53. The van der Waals surface area contributed by atoms with Crippen LogP contribution >= 0.6 is 11.6 Å². The lowest BCUT2D eigenvalue weighted by Gasteiger charge is -2.08. The summed E-state index contributed by atoms with van der Waals surface area (Å²) >= 11 is 5.53. The lowest BCUT2D eigenvalue weighted by atomic mass is 10.1. The van der Waals surface area contributed by atoms with Crippen molar-refractivity contribution in [3.8, 4) is 5.75 Å². The van der Waals surface area contributed by atoms with Crippen LogP contribution in [0, 0.1) is 0 Å². The molecule has 2 nitrogen and oxygen atoms in total. The standard InChI is InChI=1S/C19H29ClO2/c1-2-3-4-5-6-7-8-9-10-13-16-22-18-15-12-11-14-17(18)19(20)21/h11-12,14-15H,2-10,13,16H2,1H3. The molecule has 0 saturated heterocycles. The zero-order valence-electron chi connectivity index (χ0n) is 13.8. The summed E-state index contributed by atoms with van der Waals surface area (Å²) < 4.78 is 5.67. The van der Waals surface area contributed by atoms with Gasteiger partial charge < -0.3 is 4.74 Å². The monoisotopic (exact) mass is 324 g/mol. The van der Waals surface area contributed by atoms with Gasteiger partial charge in [-0.2, -0.15) is 0 Å². The molecule has 0 aliphatic rings. The maximum absolute atomic E-state index is 11.3. The number of unbranched alkanes of at least 4 members (excludes halogenated alkanes) is 9. The summed E-state index contributed by atoms with van der Waals surface area (Å²) in [6.07, 6.45) is 13.0. The van der Waals surface area contributed by atoms with E-state index in [1.54, 1.807) is 18.2 Å². The van der Waals surface area contributed by atoms with E-state index >= 15 is 0 Å². The van der Waals surface area contributed by atoms with Crippen LogP contribution in [0.2, 0.25) is 0 Å². The quantitative estimate of drug-likeness (QED) is 0.311. The Morgan fingerprint density at radius 1 is 0.909 bits per heavy atom. The van der Waals surface area contributed by atoms with Gasteiger partial charge in [0.2, 0.25) is 0 Å². The molecular formula is C19H29ClO2. The largest absolute Gasteiger partial charge is 0.493 e. The topological polar surface area (TPSA) is 26.3 Å². The number of hydrogen-bond donors (Lipinski definition) is 0. The van der Waals surface area contributed by atoms with Gasteiger partial charge in [-0.15, -0.1) is 0 Å². The van der Waals surface area contributed by atoms with Crippen LogP contribution in [0.1, 0.15) is 81.5 Å². The Kier molecular flexibility index (Phi) is 10.8. The number of benzene rings is 1. The molecule has 0 unspecified atom stereocenters. The fraction of sp³-hybridized carbons (Fsp3) is 0.632. The maximum atomic E-state index is 11.3. The highest BCUT2D eigenvalue weighted by Gasteiger charge is 2.08. The molecule has 0 aliphatic heterocycles. The van der Waals surface area contributed by atoms with Crippen LogP contribution < -0.4 is 4.74 Å². The third kappa shape index (κ3) is 8.43. The molecule has 22 heavy (non-hydrogen) atoms. The molecular weight excluding hydrogens is 296 g/mol. The van der Waals surface area contributed by atoms with Gasteiger partial charge in [0.25, 0.3) is 5.24 Å². The molecule has 0 atom stereocenters. The normalized spacial score (nSPS) is 10.6. The fourth-order valence-corrected chi connectivity index (χ4v) is 2.68. The van der Waals surface area contributed by atoms with Gasteiger partial charge in [0.05, 0.1) is 12.2 Å². The first-order chi connectivity index (χ1) is 10.8. The Morgan fingerprint density at radius 3 is 2.05 bits per heavy atom. The van der Waals surface area contributed by atoms with Gasteiger partial charge >= 0.3 is 0 Å². The molecule has 0 radical (unpaired) electrons. The maximum Gasteiger partial charge on any atom is 0.256 e. The summed E-state index contributed by atoms with van der Waals surface area (Å²) in [4.78, 5) is 11.3. The molecule has 124 valence electrons. The van der Waals surface area contributed by atoms with Gasteiger partial charge in [0, 0.05) is 0 Å². The first-order valence-corrected chi connectivity index (χ1v) is 9.05. The summed E-state index contributed by atoms with van der Waals surface area (Å²) in [6, 6.07) is 7.15. The summed E-state index contributed by atoms with van der Waals surface area (Å²) in [5, 5.41) is -0.460. The molecule has 0 N–H and O–H groups in total. The van der Waals surface area contributed by atoms with E-state index in [-0.39, 0.29) is 0 Å². The summed E-state index contributed by atoms with van der Waals surface area (Å²) in [5.74, 6) is 0.596. The second-order valence-corrected chi connectivity index (χ2v) is 6.14. The lowest BCUT2D eigenvalue weighted by Crippen LogP contribution is -2.01. The van der Waals surface area contributed by atoms with E-state index in [4.69, 9.17) is 16.3 Å². The molecule has 1 aromatic carbocycles. The number of ether oxygens (including phenoxy) is 1. The molecule has 0 fully saturated rings. The Balaban J connectivity index is 2.01. The molecule has 0 bridgehead atoms. The van der Waals surface area contributed by atoms with Crippen LogP contribution in [0.5, 0.6) is 5.75 Å². The van der Waals surface area contributed by atoms with Crippen molar-refractivity contribution in [1.82, 2.24) is 0 Å². The van der Waals surface area contributed by atoms with Crippen LogP contribution in [0.25, 0.3) is 0 Å².